The molecule has 0 bridgehead atoms. The first kappa shape index (κ1) is 14.0. The van der Waals surface area contributed by atoms with Gasteiger partial charge in [0.25, 0.3) is 0 Å². The summed E-state index contributed by atoms with van der Waals surface area (Å²) in [6.07, 6.45) is 0. The predicted octanol–water partition coefficient (Wildman–Crippen LogP) is 2.40. The molecule has 0 aliphatic carbocycles. The quantitative estimate of drug-likeness (QED) is 0.853. The average molecular weight is 236 g/mol. The number of benzene rings is 1. The fourth-order valence-electron chi connectivity index (χ4n) is 1.50. The van der Waals surface area contributed by atoms with Crippen molar-refractivity contribution in [2.75, 3.05) is 25.1 Å². The third-order valence-corrected chi connectivity index (χ3v) is 2.57. The number of rotatable bonds is 5. The maximum atomic E-state index is 5.70. The topological polar surface area (TPSA) is 38.5 Å². The Morgan fingerprint density at radius 1 is 1.18 bits per heavy atom. The highest BCUT2D eigenvalue weighted by Gasteiger charge is 2.10. The first-order valence-electron chi connectivity index (χ1n) is 6.06. The molecule has 3 heteroatoms. The van der Waals surface area contributed by atoms with Gasteiger partial charge in [-0.15, -0.1) is 0 Å². The standard InChI is InChI=1S/C14H24N2O/c1-14(2,3)17-10-9-16(4)13-7-5-12(11-15)6-8-13/h5-8H,9-11,15H2,1-4H3. The molecular weight excluding hydrogens is 212 g/mol. The predicted molar refractivity (Wildman–Crippen MR) is 73.3 cm³/mol. The van der Waals surface area contributed by atoms with E-state index < -0.39 is 0 Å². The summed E-state index contributed by atoms with van der Waals surface area (Å²) >= 11 is 0. The van der Waals surface area contributed by atoms with Gasteiger partial charge in [-0.3, -0.25) is 0 Å². The lowest BCUT2D eigenvalue weighted by Crippen LogP contribution is -2.28. The van der Waals surface area contributed by atoms with Crippen LogP contribution in [0, 0.1) is 0 Å². The summed E-state index contributed by atoms with van der Waals surface area (Å²) in [5.41, 5.74) is 7.86. The van der Waals surface area contributed by atoms with Crippen molar-refractivity contribution in [2.24, 2.45) is 5.73 Å². The molecular formula is C14H24N2O. The Labute approximate surface area is 105 Å². The summed E-state index contributed by atoms with van der Waals surface area (Å²) in [4.78, 5) is 2.19. The molecule has 0 saturated heterocycles. The second kappa shape index (κ2) is 6.03. The van der Waals surface area contributed by atoms with Crippen molar-refractivity contribution in [1.82, 2.24) is 0 Å². The molecule has 0 aliphatic heterocycles. The number of likely N-dealkylation sites (N-methyl/N-ethyl adjacent to an activating group) is 1. The van der Waals surface area contributed by atoms with E-state index in [2.05, 4.69) is 57.0 Å². The third kappa shape index (κ3) is 5.20. The van der Waals surface area contributed by atoms with Crippen LogP contribution in [0.3, 0.4) is 0 Å². The summed E-state index contributed by atoms with van der Waals surface area (Å²) in [6, 6.07) is 8.32. The van der Waals surface area contributed by atoms with E-state index in [1.165, 1.54) is 5.69 Å². The van der Waals surface area contributed by atoms with Gasteiger partial charge in [0.1, 0.15) is 0 Å². The number of anilines is 1. The number of nitrogens with two attached hydrogens (primary N) is 1. The van der Waals surface area contributed by atoms with Crippen molar-refractivity contribution in [3.05, 3.63) is 29.8 Å². The van der Waals surface area contributed by atoms with Gasteiger partial charge in [0.15, 0.2) is 0 Å². The van der Waals surface area contributed by atoms with Gasteiger partial charge in [0, 0.05) is 25.8 Å². The Morgan fingerprint density at radius 2 is 1.76 bits per heavy atom. The second-order valence-electron chi connectivity index (χ2n) is 5.25. The highest BCUT2D eigenvalue weighted by molar-refractivity contribution is 5.46. The van der Waals surface area contributed by atoms with Crippen LogP contribution in [0.1, 0.15) is 26.3 Å². The van der Waals surface area contributed by atoms with Gasteiger partial charge in [0.05, 0.1) is 12.2 Å². The van der Waals surface area contributed by atoms with Crippen molar-refractivity contribution < 1.29 is 4.74 Å². The van der Waals surface area contributed by atoms with Gasteiger partial charge in [-0.25, -0.2) is 0 Å². The smallest absolute Gasteiger partial charge is 0.0648 e. The van der Waals surface area contributed by atoms with E-state index in [0.29, 0.717) is 6.54 Å². The lowest BCUT2D eigenvalue weighted by Gasteiger charge is -2.24. The molecule has 17 heavy (non-hydrogen) atoms. The van der Waals surface area contributed by atoms with Crippen LogP contribution < -0.4 is 10.6 Å². The summed E-state index contributed by atoms with van der Waals surface area (Å²) in [6.45, 7) is 8.43. The molecule has 0 heterocycles. The molecule has 0 unspecified atom stereocenters. The van der Waals surface area contributed by atoms with Crippen molar-refractivity contribution in [3.8, 4) is 0 Å². The normalized spacial score (nSPS) is 11.6. The lowest BCUT2D eigenvalue weighted by molar-refractivity contribution is 0.00168. The Balaban J connectivity index is 2.43. The molecule has 0 atom stereocenters. The Hall–Kier alpha value is -1.06. The minimum Gasteiger partial charge on any atom is -0.374 e. The largest absolute Gasteiger partial charge is 0.374 e. The van der Waals surface area contributed by atoms with E-state index in [4.69, 9.17) is 10.5 Å². The van der Waals surface area contributed by atoms with Gasteiger partial charge in [0.2, 0.25) is 0 Å². The van der Waals surface area contributed by atoms with E-state index in [1.54, 1.807) is 0 Å². The van der Waals surface area contributed by atoms with Crippen LogP contribution in [0.2, 0.25) is 0 Å². The van der Waals surface area contributed by atoms with Crippen LogP contribution in [-0.4, -0.2) is 25.8 Å². The first-order valence-corrected chi connectivity index (χ1v) is 6.06. The molecule has 1 aromatic rings. The van der Waals surface area contributed by atoms with Gasteiger partial charge in [-0.2, -0.15) is 0 Å². The molecule has 1 aromatic carbocycles. The monoisotopic (exact) mass is 236 g/mol. The first-order chi connectivity index (χ1) is 7.92. The molecule has 0 aliphatic rings. The summed E-state index contributed by atoms with van der Waals surface area (Å²) in [7, 11) is 2.07. The number of hydrogen-bond donors (Lipinski definition) is 1. The molecule has 2 N–H and O–H groups in total. The average Bonchev–Trinajstić information content (AvgIpc) is 2.27. The molecule has 0 radical (unpaired) electrons. The highest BCUT2D eigenvalue weighted by Crippen LogP contribution is 2.14. The molecule has 96 valence electrons. The zero-order valence-corrected chi connectivity index (χ0v) is 11.4. The molecule has 3 nitrogen and oxygen atoms in total. The van der Waals surface area contributed by atoms with Gasteiger partial charge in [-0.05, 0) is 38.5 Å². The lowest BCUT2D eigenvalue weighted by atomic mass is 10.2. The summed E-state index contributed by atoms with van der Waals surface area (Å²) in [5, 5.41) is 0. The van der Waals surface area contributed by atoms with E-state index in [1.807, 2.05) is 0 Å². The van der Waals surface area contributed by atoms with Crippen molar-refractivity contribution >= 4 is 5.69 Å². The van der Waals surface area contributed by atoms with Gasteiger partial charge >= 0.3 is 0 Å². The summed E-state index contributed by atoms with van der Waals surface area (Å²) in [5.74, 6) is 0. The number of ether oxygens (including phenoxy) is 1. The van der Waals surface area contributed by atoms with Crippen LogP contribution in [-0.2, 0) is 11.3 Å². The third-order valence-electron chi connectivity index (χ3n) is 2.57. The van der Waals surface area contributed by atoms with Crippen LogP contribution in [0.15, 0.2) is 24.3 Å². The van der Waals surface area contributed by atoms with Crippen LogP contribution in [0.5, 0.6) is 0 Å². The van der Waals surface area contributed by atoms with Gasteiger partial charge in [-0.1, -0.05) is 12.1 Å². The molecule has 1 rings (SSSR count). The number of hydrogen-bond acceptors (Lipinski definition) is 3. The van der Waals surface area contributed by atoms with Crippen LogP contribution >= 0.6 is 0 Å². The Kier molecular flexibility index (Phi) is 4.97. The molecule has 0 saturated carbocycles. The number of nitrogens with zero attached hydrogens (tertiary/aromatic N) is 1. The molecule has 0 amide bonds. The fraction of sp³-hybridized carbons (Fsp3) is 0.571. The second-order valence-corrected chi connectivity index (χ2v) is 5.25. The van der Waals surface area contributed by atoms with Crippen LogP contribution in [0.4, 0.5) is 5.69 Å². The minimum absolute atomic E-state index is 0.0652. The SMILES string of the molecule is CN(CCOC(C)(C)C)c1ccc(CN)cc1. The van der Waals surface area contributed by atoms with E-state index in [-0.39, 0.29) is 5.60 Å². The van der Waals surface area contributed by atoms with Crippen molar-refractivity contribution in [1.29, 1.82) is 0 Å². The fourth-order valence-corrected chi connectivity index (χ4v) is 1.50. The van der Waals surface area contributed by atoms with Crippen molar-refractivity contribution in [2.45, 2.75) is 32.9 Å². The Morgan fingerprint density at radius 3 is 2.24 bits per heavy atom. The maximum Gasteiger partial charge on any atom is 0.0648 e. The minimum atomic E-state index is -0.0652. The van der Waals surface area contributed by atoms with Gasteiger partial charge < -0.3 is 15.4 Å². The van der Waals surface area contributed by atoms with E-state index in [9.17, 15) is 0 Å². The van der Waals surface area contributed by atoms with Crippen LogP contribution in [0.25, 0.3) is 0 Å². The molecule has 0 spiro atoms. The van der Waals surface area contributed by atoms with E-state index in [0.717, 1.165) is 18.7 Å². The zero-order valence-electron chi connectivity index (χ0n) is 11.4. The van der Waals surface area contributed by atoms with E-state index >= 15 is 0 Å². The molecule has 0 fully saturated rings. The zero-order chi connectivity index (χ0) is 12.9. The van der Waals surface area contributed by atoms with Crippen molar-refractivity contribution in [3.63, 3.8) is 0 Å². The summed E-state index contributed by atoms with van der Waals surface area (Å²) < 4.78 is 5.70. The Bertz CT molecular complexity index is 327. The maximum absolute atomic E-state index is 5.70. The molecule has 0 aromatic heterocycles. The highest BCUT2D eigenvalue weighted by atomic mass is 16.5.